The Morgan fingerprint density at radius 1 is 0.812 bits per heavy atom. The molecule has 0 spiro atoms. The van der Waals surface area contributed by atoms with Crippen LogP contribution in [0.25, 0.3) is 0 Å². The minimum Gasteiger partial charge on any atom is -0.484 e. The number of nitrogens with zero attached hydrogens (tertiary/aromatic N) is 3. The van der Waals surface area contributed by atoms with Gasteiger partial charge in [0.1, 0.15) is 5.75 Å². The lowest BCUT2D eigenvalue weighted by Crippen LogP contribution is -2.38. The van der Waals surface area contributed by atoms with E-state index in [1.54, 1.807) is 58.3 Å². The molecular formula is C32H32N6O6S4. The fraction of sp³-hybridized carbons (Fsp3) is 0.219. The molecule has 5 aromatic rings. The maximum absolute atomic E-state index is 12.7. The SMILES string of the molecule is O=C(COc1ccccc1)N1CCCc2cc(S(=O)(=O)Nc3nccs3)ccc21.O=S(=O)(Nc1nccs1)c1ccc2c(c1)CCCN2. The van der Waals surface area contributed by atoms with Gasteiger partial charge in [-0.25, -0.2) is 26.8 Å². The third-order valence-corrected chi connectivity index (χ3v) is 11.8. The van der Waals surface area contributed by atoms with Crippen molar-refractivity contribution in [1.29, 1.82) is 0 Å². The second-order valence-electron chi connectivity index (χ2n) is 10.8. The van der Waals surface area contributed by atoms with Crippen LogP contribution in [0.1, 0.15) is 24.0 Å². The first kappa shape index (κ1) is 33.4. The molecule has 0 saturated carbocycles. The lowest BCUT2D eigenvalue weighted by Gasteiger charge is -2.29. The molecule has 250 valence electrons. The van der Waals surface area contributed by atoms with Crippen molar-refractivity contribution < 1.29 is 26.4 Å². The molecule has 48 heavy (non-hydrogen) atoms. The summed E-state index contributed by atoms with van der Waals surface area (Å²) in [6.07, 6.45) is 6.50. The maximum Gasteiger partial charge on any atom is 0.264 e. The molecule has 0 fully saturated rings. The second-order valence-corrected chi connectivity index (χ2v) is 15.9. The number of sulfonamides is 2. The van der Waals surface area contributed by atoms with Crippen molar-refractivity contribution >= 4 is 70.3 Å². The van der Waals surface area contributed by atoms with Crippen LogP contribution in [0.2, 0.25) is 0 Å². The topological polar surface area (TPSA) is 160 Å². The number of para-hydroxylation sites is 1. The fourth-order valence-electron chi connectivity index (χ4n) is 5.25. The summed E-state index contributed by atoms with van der Waals surface area (Å²) >= 11 is 2.47. The third kappa shape index (κ3) is 8.13. The van der Waals surface area contributed by atoms with E-state index >= 15 is 0 Å². The molecule has 16 heteroatoms. The Kier molecular flexibility index (Phi) is 10.2. The molecule has 4 heterocycles. The quantitative estimate of drug-likeness (QED) is 0.176. The summed E-state index contributed by atoms with van der Waals surface area (Å²) in [7, 11) is -7.28. The molecule has 0 saturated heterocycles. The normalized spacial score (nSPS) is 14.0. The summed E-state index contributed by atoms with van der Waals surface area (Å²) in [4.78, 5) is 22.7. The van der Waals surface area contributed by atoms with Gasteiger partial charge in [0, 0.05) is 47.6 Å². The average Bonchev–Trinajstić information content (AvgIpc) is 3.81. The van der Waals surface area contributed by atoms with Gasteiger partial charge in [-0.3, -0.25) is 14.2 Å². The van der Waals surface area contributed by atoms with Crippen LogP contribution in [0.15, 0.2) is 99.7 Å². The molecule has 2 aromatic heterocycles. The molecule has 3 N–H and O–H groups in total. The monoisotopic (exact) mass is 724 g/mol. The van der Waals surface area contributed by atoms with Gasteiger partial charge in [0.2, 0.25) is 0 Å². The number of ether oxygens (including phenoxy) is 1. The van der Waals surface area contributed by atoms with Crippen molar-refractivity contribution in [2.75, 3.05) is 39.4 Å². The van der Waals surface area contributed by atoms with E-state index < -0.39 is 20.0 Å². The highest BCUT2D eigenvalue weighted by Gasteiger charge is 2.26. The number of hydrogen-bond donors (Lipinski definition) is 3. The first-order valence-corrected chi connectivity index (χ1v) is 19.7. The van der Waals surface area contributed by atoms with Crippen molar-refractivity contribution in [3.63, 3.8) is 0 Å². The van der Waals surface area contributed by atoms with Gasteiger partial charge < -0.3 is 15.0 Å². The second kappa shape index (κ2) is 14.7. The number of carbonyl (C=O) groups excluding carboxylic acids is 1. The molecule has 0 atom stereocenters. The van der Waals surface area contributed by atoms with Crippen LogP contribution in [0.4, 0.5) is 21.6 Å². The molecule has 2 aliphatic heterocycles. The van der Waals surface area contributed by atoms with Gasteiger partial charge in [0.25, 0.3) is 26.0 Å². The number of amides is 1. The van der Waals surface area contributed by atoms with Gasteiger partial charge in [-0.1, -0.05) is 18.2 Å². The molecule has 2 aliphatic rings. The summed E-state index contributed by atoms with van der Waals surface area (Å²) in [6, 6.07) is 19.2. The van der Waals surface area contributed by atoms with Crippen LogP contribution >= 0.6 is 22.7 Å². The van der Waals surface area contributed by atoms with Crippen LogP contribution < -0.4 is 24.4 Å². The Morgan fingerprint density at radius 2 is 1.44 bits per heavy atom. The molecule has 1 amide bonds. The number of anilines is 4. The Morgan fingerprint density at radius 3 is 2.08 bits per heavy atom. The van der Waals surface area contributed by atoms with Crippen molar-refractivity contribution in [1.82, 2.24) is 9.97 Å². The number of rotatable bonds is 9. The van der Waals surface area contributed by atoms with E-state index in [0.717, 1.165) is 48.3 Å². The zero-order valence-corrected chi connectivity index (χ0v) is 28.8. The van der Waals surface area contributed by atoms with E-state index in [-0.39, 0.29) is 22.3 Å². The van der Waals surface area contributed by atoms with Gasteiger partial charge in [0.15, 0.2) is 16.9 Å². The molecular weight excluding hydrogens is 693 g/mol. The number of aromatic nitrogens is 2. The van der Waals surface area contributed by atoms with Crippen LogP contribution in [0.5, 0.6) is 5.75 Å². The number of fused-ring (bicyclic) bond motifs is 2. The van der Waals surface area contributed by atoms with Gasteiger partial charge in [0.05, 0.1) is 9.79 Å². The minimum absolute atomic E-state index is 0.0743. The lowest BCUT2D eigenvalue weighted by molar-refractivity contribution is -0.120. The number of benzene rings is 3. The van der Waals surface area contributed by atoms with Gasteiger partial charge in [-0.2, -0.15) is 0 Å². The van der Waals surface area contributed by atoms with Crippen molar-refractivity contribution in [2.24, 2.45) is 0 Å². The van der Waals surface area contributed by atoms with Gasteiger partial charge in [-0.15, -0.1) is 22.7 Å². The van der Waals surface area contributed by atoms with Crippen LogP contribution in [-0.4, -0.2) is 52.4 Å². The number of aryl methyl sites for hydroxylation is 2. The molecule has 0 aliphatic carbocycles. The predicted octanol–water partition coefficient (Wildman–Crippen LogP) is 5.60. The van der Waals surface area contributed by atoms with E-state index in [0.29, 0.717) is 29.0 Å². The van der Waals surface area contributed by atoms with Crippen LogP contribution in [0.3, 0.4) is 0 Å². The Hall–Kier alpha value is -4.51. The van der Waals surface area contributed by atoms with E-state index in [1.165, 1.54) is 34.9 Å². The van der Waals surface area contributed by atoms with Crippen molar-refractivity contribution in [3.8, 4) is 5.75 Å². The summed E-state index contributed by atoms with van der Waals surface area (Å²) < 4.78 is 60.2. The first-order valence-electron chi connectivity index (χ1n) is 15.0. The largest absolute Gasteiger partial charge is 0.484 e. The van der Waals surface area contributed by atoms with Crippen molar-refractivity contribution in [2.45, 2.75) is 35.5 Å². The number of hydrogen-bond acceptors (Lipinski definition) is 11. The maximum atomic E-state index is 12.7. The molecule has 0 radical (unpaired) electrons. The summed E-state index contributed by atoms with van der Waals surface area (Å²) in [5, 5.41) is 7.39. The summed E-state index contributed by atoms with van der Waals surface area (Å²) in [6.45, 7) is 1.44. The summed E-state index contributed by atoms with van der Waals surface area (Å²) in [5.41, 5.74) is 3.63. The Labute approximate surface area is 286 Å². The third-order valence-electron chi connectivity index (χ3n) is 7.52. The molecule has 7 rings (SSSR count). The van der Waals surface area contributed by atoms with Crippen LogP contribution in [0, 0.1) is 0 Å². The van der Waals surface area contributed by atoms with Crippen molar-refractivity contribution in [3.05, 3.63) is 101 Å². The molecule has 3 aromatic carbocycles. The van der Waals surface area contributed by atoms with E-state index in [9.17, 15) is 21.6 Å². The molecule has 0 unspecified atom stereocenters. The number of thiazole rings is 2. The lowest BCUT2D eigenvalue weighted by atomic mass is 10.0. The van der Waals surface area contributed by atoms with E-state index in [1.807, 2.05) is 24.3 Å². The van der Waals surface area contributed by atoms with Gasteiger partial charge >= 0.3 is 0 Å². The zero-order valence-electron chi connectivity index (χ0n) is 25.5. The summed E-state index contributed by atoms with van der Waals surface area (Å²) in [5.74, 6) is 0.471. The van der Waals surface area contributed by atoms with E-state index in [2.05, 4.69) is 24.7 Å². The highest BCUT2D eigenvalue weighted by atomic mass is 32.2. The minimum atomic E-state index is -3.73. The standard InChI is InChI=1S/C20H19N3O4S2.C12H13N3O2S2/c24-19(14-27-16-6-2-1-3-7-16)23-11-4-5-15-13-17(8-9-18(15)23)29(25,26)22-20-21-10-12-28-20;16-19(17,15-12-14-6-7-18-12)10-3-4-11-9(8-10)2-1-5-13-11/h1-3,6-10,12-13H,4-5,11,14H2,(H,21,22);3-4,6-8,13H,1-2,5H2,(H,14,15). The van der Waals surface area contributed by atoms with Crippen LogP contribution in [-0.2, 0) is 37.7 Å². The highest BCUT2D eigenvalue weighted by Crippen LogP contribution is 2.31. The predicted molar refractivity (Wildman–Crippen MR) is 188 cm³/mol. The Balaban J connectivity index is 0.000000182. The molecule has 0 bridgehead atoms. The first-order chi connectivity index (χ1) is 23.2. The van der Waals surface area contributed by atoms with Gasteiger partial charge in [-0.05, 0) is 85.3 Å². The van der Waals surface area contributed by atoms with E-state index in [4.69, 9.17) is 4.74 Å². The smallest absolute Gasteiger partial charge is 0.264 e. The fourth-order valence-corrected chi connectivity index (χ4v) is 8.93. The molecule has 12 nitrogen and oxygen atoms in total. The number of carbonyl (C=O) groups is 1. The highest BCUT2D eigenvalue weighted by molar-refractivity contribution is 7.93. The average molecular weight is 725 g/mol. The number of nitrogens with one attached hydrogen (secondary N) is 3. The Bertz CT molecular complexity index is 2070. The zero-order chi connectivity index (χ0) is 33.6.